The van der Waals surface area contributed by atoms with Crippen LogP contribution in [0.25, 0.3) is 0 Å². The van der Waals surface area contributed by atoms with Gasteiger partial charge >= 0.3 is 6.09 Å². The van der Waals surface area contributed by atoms with Gasteiger partial charge in [0.25, 0.3) is 0 Å². The molecule has 0 aromatic heterocycles. The van der Waals surface area contributed by atoms with Gasteiger partial charge in [0.2, 0.25) is 0 Å². The van der Waals surface area contributed by atoms with Crippen LogP contribution in [0, 0.1) is 5.82 Å². The number of nitrogens with zero attached hydrogens (tertiary/aromatic N) is 1. The predicted octanol–water partition coefficient (Wildman–Crippen LogP) is 1.91. The summed E-state index contributed by atoms with van der Waals surface area (Å²) >= 11 is 3.03. The average molecular weight is 290 g/mol. The molecule has 1 N–H and O–H groups in total. The van der Waals surface area contributed by atoms with Gasteiger partial charge in [0.05, 0.1) is 23.3 Å². The lowest BCUT2D eigenvalue weighted by Crippen LogP contribution is -2.25. The lowest BCUT2D eigenvalue weighted by molar-refractivity contribution is 0.0963. The molecule has 86 valence electrons. The molecule has 1 unspecified atom stereocenters. The molecule has 1 saturated heterocycles. The van der Waals surface area contributed by atoms with Crippen molar-refractivity contribution < 1.29 is 19.0 Å². The quantitative estimate of drug-likeness (QED) is 0.905. The van der Waals surface area contributed by atoms with Crippen LogP contribution in [0.4, 0.5) is 14.9 Å². The number of ether oxygens (including phenoxy) is 1. The summed E-state index contributed by atoms with van der Waals surface area (Å²) in [6.45, 7) is -0.00233. The molecule has 6 heteroatoms. The van der Waals surface area contributed by atoms with E-state index >= 15 is 0 Å². The number of rotatable bonds is 2. The van der Waals surface area contributed by atoms with Crippen molar-refractivity contribution in [2.24, 2.45) is 0 Å². The maximum Gasteiger partial charge on any atom is 0.414 e. The zero-order valence-electron chi connectivity index (χ0n) is 8.19. The second kappa shape index (κ2) is 4.39. The van der Waals surface area contributed by atoms with E-state index in [0.29, 0.717) is 10.2 Å². The minimum Gasteiger partial charge on any atom is -0.441 e. The van der Waals surface area contributed by atoms with Crippen LogP contribution >= 0.6 is 15.9 Å². The Morgan fingerprint density at radius 3 is 2.94 bits per heavy atom. The first-order valence-corrected chi connectivity index (χ1v) is 5.45. The fourth-order valence-corrected chi connectivity index (χ4v) is 1.73. The summed E-state index contributed by atoms with van der Waals surface area (Å²) in [7, 11) is 0. The summed E-state index contributed by atoms with van der Waals surface area (Å²) < 4.78 is 18.4. The Morgan fingerprint density at radius 1 is 1.62 bits per heavy atom. The molecule has 1 aliphatic rings. The molecule has 1 heterocycles. The van der Waals surface area contributed by atoms with E-state index in [1.807, 2.05) is 0 Å². The number of hydrogen-bond acceptors (Lipinski definition) is 3. The van der Waals surface area contributed by atoms with Crippen molar-refractivity contribution >= 4 is 27.7 Å². The molecule has 0 aliphatic carbocycles. The van der Waals surface area contributed by atoms with E-state index in [1.165, 1.54) is 17.0 Å². The molecule has 0 saturated carbocycles. The second-order valence-corrected chi connectivity index (χ2v) is 4.25. The Bertz CT molecular complexity index is 427. The van der Waals surface area contributed by atoms with Crippen LogP contribution in [0.3, 0.4) is 0 Å². The molecule has 1 aromatic rings. The summed E-state index contributed by atoms with van der Waals surface area (Å²) in [6, 6.07) is 4.36. The SMILES string of the molecule is O=C1OC(CO)CN1c1ccc(Br)c(F)c1. The highest BCUT2D eigenvalue weighted by Gasteiger charge is 2.31. The van der Waals surface area contributed by atoms with Crippen LogP contribution in [-0.2, 0) is 4.74 Å². The van der Waals surface area contributed by atoms with Gasteiger partial charge in [-0.05, 0) is 34.1 Å². The molecule has 0 spiro atoms. The lowest BCUT2D eigenvalue weighted by Gasteiger charge is -2.12. The Morgan fingerprint density at radius 2 is 2.38 bits per heavy atom. The van der Waals surface area contributed by atoms with Crippen LogP contribution in [-0.4, -0.2) is 30.5 Å². The van der Waals surface area contributed by atoms with Gasteiger partial charge in [-0.15, -0.1) is 0 Å². The molecule has 2 rings (SSSR count). The van der Waals surface area contributed by atoms with E-state index < -0.39 is 18.0 Å². The number of cyclic esters (lactones) is 1. The molecule has 1 amide bonds. The van der Waals surface area contributed by atoms with Gasteiger partial charge in [-0.25, -0.2) is 9.18 Å². The number of amides is 1. The lowest BCUT2D eigenvalue weighted by atomic mass is 10.2. The van der Waals surface area contributed by atoms with Gasteiger partial charge < -0.3 is 9.84 Å². The minimum absolute atomic E-state index is 0.233. The summed E-state index contributed by atoms with van der Waals surface area (Å²) in [5.41, 5.74) is 0.418. The minimum atomic E-state index is -0.569. The van der Waals surface area contributed by atoms with Crippen LogP contribution in [0.2, 0.25) is 0 Å². The highest BCUT2D eigenvalue weighted by atomic mass is 79.9. The van der Waals surface area contributed by atoms with Gasteiger partial charge in [-0.2, -0.15) is 0 Å². The van der Waals surface area contributed by atoms with Crippen molar-refractivity contribution in [2.45, 2.75) is 6.10 Å². The molecule has 1 aliphatic heterocycles. The third-order valence-corrected chi connectivity index (χ3v) is 2.94. The maximum absolute atomic E-state index is 13.3. The highest BCUT2D eigenvalue weighted by Crippen LogP contribution is 2.25. The zero-order chi connectivity index (χ0) is 11.7. The molecule has 0 radical (unpaired) electrons. The molecule has 1 fully saturated rings. The number of halogens is 2. The molecule has 1 atom stereocenters. The highest BCUT2D eigenvalue weighted by molar-refractivity contribution is 9.10. The first-order valence-electron chi connectivity index (χ1n) is 4.66. The zero-order valence-corrected chi connectivity index (χ0v) is 9.78. The Labute approximate surface area is 99.7 Å². The van der Waals surface area contributed by atoms with Gasteiger partial charge in [-0.1, -0.05) is 0 Å². The van der Waals surface area contributed by atoms with E-state index in [9.17, 15) is 9.18 Å². The number of carbonyl (C=O) groups excluding carboxylic acids is 1. The largest absolute Gasteiger partial charge is 0.441 e. The molecular weight excluding hydrogens is 281 g/mol. The fourth-order valence-electron chi connectivity index (χ4n) is 1.48. The van der Waals surface area contributed by atoms with E-state index in [2.05, 4.69) is 15.9 Å². The number of anilines is 1. The summed E-state index contributed by atoms with van der Waals surface area (Å²) in [5.74, 6) is -0.447. The standard InChI is InChI=1S/C10H9BrFNO3/c11-8-2-1-6(3-9(8)12)13-4-7(5-14)16-10(13)15/h1-3,7,14H,4-5H2. The molecule has 4 nitrogen and oxygen atoms in total. The van der Waals surface area contributed by atoms with Crippen LogP contribution in [0.1, 0.15) is 0 Å². The predicted molar refractivity (Wildman–Crippen MR) is 58.8 cm³/mol. The van der Waals surface area contributed by atoms with Gasteiger partial charge in [0, 0.05) is 0 Å². The van der Waals surface area contributed by atoms with Crippen molar-refractivity contribution in [1.29, 1.82) is 0 Å². The molecular formula is C10H9BrFNO3. The van der Waals surface area contributed by atoms with Crippen molar-refractivity contribution in [3.63, 3.8) is 0 Å². The fraction of sp³-hybridized carbons (Fsp3) is 0.300. The number of aliphatic hydroxyl groups is 1. The molecule has 0 bridgehead atoms. The number of benzene rings is 1. The van der Waals surface area contributed by atoms with Crippen molar-refractivity contribution in [1.82, 2.24) is 0 Å². The first-order chi connectivity index (χ1) is 7.61. The van der Waals surface area contributed by atoms with Crippen LogP contribution in [0.15, 0.2) is 22.7 Å². The molecule has 1 aromatic carbocycles. The Kier molecular flexibility index (Phi) is 3.11. The Hall–Kier alpha value is -1.14. The third-order valence-electron chi connectivity index (χ3n) is 2.29. The Balaban J connectivity index is 2.24. The van der Waals surface area contributed by atoms with Crippen molar-refractivity contribution in [2.75, 3.05) is 18.1 Å². The number of aliphatic hydroxyl groups excluding tert-OH is 1. The van der Waals surface area contributed by atoms with E-state index in [0.717, 1.165) is 0 Å². The van der Waals surface area contributed by atoms with Crippen molar-refractivity contribution in [3.05, 3.63) is 28.5 Å². The summed E-state index contributed by atoms with van der Waals surface area (Å²) in [5, 5.41) is 8.86. The number of hydrogen-bond donors (Lipinski definition) is 1. The number of carbonyl (C=O) groups is 1. The van der Waals surface area contributed by atoms with Crippen molar-refractivity contribution in [3.8, 4) is 0 Å². The summed E-state index contributed by atoms with van der Waals surface area (Å²) in [6.07, 6.45) is -1.11. The topological polar surface area (TPSA) is 49.8 Å². The second-order valence-electron chi connectivity index (χ2n) is 3.40. The average Bonchev–Trinajstić information content (AvgIpc) is 2.64. The van der Waals surface area contributed by atoms with Gasteiger partial charge in [0.1, 0.15) is 11.9 Å². The van der Waals surface area contributed by atoms with Crippen LogP contribution in [0.5, 0.6) is 0 Å². The normalized spacial score (nSPS) is 20.1. The first kappa shape index (κ1) is 11.3. The third kappa shape index (κ3) is 2.03. The van der Waals surface area contributed by atoms with E-state index in [1.54, 1.807) is 6.07 Å². The van der Waals surface area contributed by atoms with Gasteiger partial charge in [0.15, 0.2) is 0 Å². The van der Waals surface area contributed by atoms with E-state index in [4.69, 9.17) is 9.84 Å². The smallest absolute Gasteiger partial charge is 0.414 e. The molecule has 16 heavy (non-hydrogen) atoms. The maximum atomic E-state index is 13.3. The monoisotopic (exact) mass is 289 g/mol. The van der Waals surface area contributed by atoms with E-state index in [-0.39, 0.29) is 13.2 Å². The summed E-state index contributed by atoms with van der Waals surface area (Å²) in [4.78, 5) is 12.7. The van der Waals surface area contributed by atoms with Crippen LogP contribution < -0.4 is 4.90 Å². The van der Waals surface area contributed by atoms with Gasteiger partial charge in [-0.3, -0.25) is 4.90 Å².